The molecule has 1 heterocycles. The molecular formula is C17H24N2O2. The maximum Gasteiger partial charge on any atom is 0.250 e. The van der Waals surface area contributed by atoms with Gasteiger partial charge in [-0.1, -0.05) is 56.5 Å². The van der Waals surface area contributed by atoms with E-state index in [2.05, 4.69) is 12.2 Å². The van der Waals surface area contributed by atoms with E-state index < -0.39 is 5.54 Å². The van der Waals surface area contributed by atoms with E-state index >= 15 is 0 Å². The average molecular weight is 288 g/mol. The molecule has 2 rings (SSSR count). The van der Waals surface area contributed by atoms with Crippen LogP contribution in [0.4, 0.5) is 0 Å². The molecule has 0 saturated carbocycles. The summed E-state index contributed by atoms with van der Waals surface area (Å²) in [6, 6.07) is 9.56. The number of rotatable bonds is 6. The molecule has 1 atom stereocenters. The number of piperazine rings is 1. The third-order valence-corrected chi connectivity index (χ3v) is 4.25. The van der Waals surface area contributed by atoms with Crippen LogP contribution < -0.4 is 5.32 Å². The Kier molecular flexibility index (Phi) is 4.99. The molecule has 1 aromatic carbocycles. The van der Waals surface area contributed by atoms with Crippen molar-refractivity contribution in [3.8, 4) is 0 Å². The molecule has 1 aromatic rings. The van der Waals surface area contributed by atoms with Crippen molar-refractivity contribution in [1.29, 1.82) is 0 Å². The molecule has 0 bridgehead atoms. The van der Waals surface area contributed by atoms with Gasteiger partial charge in [0.25, 0.3) is 5.91 Å². The normalized spacial score (nSPS) is 22.3. The van der Waals surface area contributed by atoms with Gasteiger partial charge in [-0.15, -0.1) is 0 Å². The van der Waals surface area contributed by atoms with E-state index in [4.69, 9.17) is 0 Å². The Morgan fingerprint density at radius 2 is 1.86 bits per heavy atom. The molecule has 1 N–H and O–H groups in total. The number of carbonyl (C=O) groups is 2. The van der Waals surface area contributed by atoms with Crippen LogP contribution in [0.15, 0.2) is 30.3 Å². The summed E-state index contributed by atoms with van der Waals surface area (Å²) in [5, 5.41) is 2.72. The molecule has 2 amide bonds. The fourth-order valence-corrected chi connectivity index (χ4v) is 2.89. The van der Waals surface area contributed by atoms with Crippen LogP contribution in [0.1, 0.15) is 45.1 Å². The highest BCUT2D eigenvalue weighted by molar-refractivity contribution is 5.98. The number of amides is 2. The fraction of sp³-hybridized carbons (Fsp3) is 0.529. The van der Waals surface area contributed by atoms with Crippen LogP contribution in [0.2, 0.25) is 0 Å². The summed E-state index contributed by atoms with van der Waals surface area (Å²) in [6.45, 7) is 4.74. The molecule has 0 aliphatic carbocycles. The van der Waals surface area contributed by atoms with Crippen molar-refractivity contribution in [3.05, 3.63) is 35.9 Å². The van der Waals surface area contributed by atoms with Gasteiger partial charge in [-0.3, -0.25) is 9.59 Å². The molecular weight excluding hydrogens is 264 g/mol. The lowest BCUT2D eigenvalue weighted by Crippen LogP contribution is -2.63. The van der Waals surface area contributed by atoms with Gasteiger partial charge < -0.3 is 10.2 Å². The predicted molar refractivity (Wildman–Crippen MR) is 82.7 cm³/mol. The topological polar surface area (TPSA) is 49.4 Å². The van der Waals surface area contributed by atoms with Crippen molar-refractivity contribution in [1.82, 2.24) is 10.2 Å². The van der Waals surface area contributed by atoms with Crippen molar-refractivity contribution in [3.63, 3.8) is 0 Å². The van der Waals surface area contributed by atoms with Gasteiger partial charge in [-0.2, -0.15) is 0 Å². The van der Waals surface area contributed by atoms with E-state index in [9.17, 15) is 9.59 Å². The fourth-order valence-electron chi connectivity index (χ4n) is 2.89. The Morgan fingerprint density at radius 1 is 1.14 bits per heavy atom. The summed E-state index contributed by atoms with van der Waals surface area (Å²) in [6.07, 6.45) is 4.35. The van der Waals surface area contributed by atoms with Crippen molar-refractivity contribution < 1.29 is 9.59 Å². The zero-order valence-corrected chi connectivity index (χ0v) is 12.9. The first-order chi connectivity index (χ1) is 10.1. The van der Waals surface area contributed by atoms with Gasteiger partial charge in [0.1, 0.15) is 5.54 Å². The molecule has 21 heavy (non-hydrogen) atoms. The standard InChI is InChI=1S/C17H24N2O2/c1-3-4-5-9-12-19-15(20)13-18-16(21)17(19,2)14-10-7-6-8-11-14/h6-8,10-11H,3-5,9,12-13H2,1-2H3,(H,18,21). The van der Waals surface area contributed by atoms with E-state index in [0.29, 0.717) is 6.54 Å². The van der Waals surface area contributed by atoms with Gasteiger partial charge in [0.05, 0.1) is 6.54 Å². The van der Waals surface area contributed by atoms with Crippen LogP contribution in [0, 0.1) is 0 Å². The Bertz CT molecular complexity index is 501. The summed E-state index contributed by atoms with van der Waals surface area (Å²) in [5.41, 5.74) is -0.0333. The van der Waals surface area contributed by atoms with Gasteiger partial charge in [-0.05, 0) is 18.9 Å². The molecule has 1 fully saturated rings. The van der Waals surface area contributed by atoms with Gasteiger partial charge in [0.15, 0.2) is 0 Å². The Balaban J connectivity index is 2.24. The van der Waals surface area contributed by atoms with Crippen molar-refractivity contribution >= 4 is 11.8 Å². The smallest absolute Gasteiger partial charge is 0.250 e. The number of nitrogens with one attached hydrogen (secondary N) is 1. The third kappa shape index (κ3) is 3.09. The van der Waals surface area contributed by atoms with Crippen LogP contribution in [-0.4, -0.2) is 29.8 Å². The number of unbranched alkanes of at least 4 members (excludes halogenated alkanes) is 3. The molecule has 1 aliphatic rings. The van der Waals surface area contributed by atoms with Crippen LogP contribution in [0.3, 0.4) is 0 Å². The Labute approximate surface area is 126 Å². The number of nitrogens with zero attached hydrogens (tertiary/aromatic N) is 1. The first-order valence-electron chi connectivity index (χ1n) is 7.75. The SMILES string of the molecule is CCCCCCN1C(=O)CNC(=O)C1(C)c1ccccc1. The largest absolute Gasteiger partial charge is 0.345 e. The first-order valence-corrected chi connectivity index (χ1v) is 7.75. The van der Waals surface area contributed by atoms with Crippen LogP contribution >= 0.6 is 0 Å². The van der Waals surface area contributed by atoms with Crippen molar-refractivity contribution in [2.45, 2.75) is 45.1 Å². The number of benzene rings is 1. The van der Waals surface area contributed by atoms with Gasteiger partial charge in [0, 0.05) is 6.54 Å². The monoisotopic (exact) mass is 288 g/mol. The van der Waals surface area contributed by atoms with Crippen LogP contribution in [0.25, 0.3) is 0 Å². The van der Waals surface area contributed by atoms with Crippen LogP contribution in [-0.2, 0) is 15.1 Å². The van der Waals surface area contributed by atoms with Crippen molar-refractivity contribution in [2.75, 3.05) is 13.1 Å². The average Bonchev–Trinajstić information content (AvgIpc) is 2.51. The molecule has 4 nitrogen and oxygen atoms in total. The lowest BCUT2D eigenvalue weighted by atomic mass is 9.87. The highest BCUT2D eigenvalue weighted by atomic mass is 16.2. The summed E-state index contributed by atoms with van der Waals surface area (Å²) in [7, 11) is 0. The van der Waals surface area contributed by atoms with E-state index in [0.717, 1.165) is 31.2 Å². The minimum Gasteiger partial charge on any atom is -0.345 e. The van der Waals surface area contributed by atoms with E-state index in [1.54, 1.807) is 4.90 Å². The molecule has 1 saturated heterocycles. The molecule has 114 valence electrons. The second-order valence-electron chi connectivity index (χ2n) is 5.73. The third-order valence-electron chi connectivity index (χ3n) is 4.25. The Morgan fingerprint density at radius 3 is 2.52 bits per heavy atom. The Hall–Kier alpha value is -1.84. The molecule has 0 radical (unpaired) electrons. The summed E-state index contributed by atoms with van der Waals surface area (Å²) in [4.78, 5) is 26.5. The maximum atomic E-state index is 12.5. The quantitative estimate of drug-likeness (QED) is 0.817. The predicted octanol–water partition coefficient (Wildman–Crippen LogP) is 2.44. The second-order valence-corrected chi connectivity index (χ2v) is 5.73. The zero-order valence-electron chi connectivity index (χ0n) is 12.9. The second kappa shape index (κ2) is 6.74. The van der Waals surface area contributed by atoms with Gasteiger partial charge >= 0.3 is 0 Å². The van der Waals surface area contributed by atoms with Crippen LogP contribution in [0.5, 0.6) is 0 Å². The minimum atomic E-state index is -0.900. The lowest BCUT2D eigenvalue weighted by molar-refractivity contribution is -0.153. The molecule has 1 aliphatic heterocycles. The van der Waals surface area contributed by atoms with E-state index in [1.165, 1.54) is 0 Å². The van der Waals surface area contributed by atoms with Gasteiger partial charge in [0.2, 0.25) is 5.91 Å². The summed E-state index contributed by atoms with van der Waals surface area (Å²) >= 11 is 0. The molecule has 0 spiro atoms. The summed E-state index contributed by atoms with van der Waals surface area (Å²) in [5.74, 6) is -0.0961. The maximum absolute atomic E-state index is 12.5. The lowest BCUT2D eigenvalue weighted by Gasteiger charge is -2.43. The number of hydrogen-bond donors (Lipinski definition) is 1. The number of hydrogen-bond acceptors (Lipinski definition) is 2. The molecule has 1 unspecified atom stereocenters. The van der Waals surface area contributed by atoms with E-state index in [-0.39, 0.29) is 18.4 Å². The summed E-state index contributed by atoms with van der Waals surface area (Å²) < 4.78 is 0. The first kappa shape index (κ1) is 15.5. The molecule has 4 heteroatoms. The highest BCUT2D eigenvalue weighted by Crippen LogP contribution is 2.31. The zero-order chi connectivity index (χ0) is 15.3. The number of carbonyl (C=O) groups excluding carboxylic acids is 2. The van der Waals surface area contributed by atoms with Crippen molar-refractivity contribution in [2.24, 2.45) is 0 Å². The minimum absolute atomic E-state index is 0.00236. The van der Waals surface area contributed by atoms with Gasteiger partial charge in [-0.25, -0.2) is 0 Å². The molecule has 0 aromatic heterocycles. The van der Waals surface area contributed by atoms with E-state index in [1.807, 2.05) is 37.3 Å². The highest BCUT2D eigenvalue weighted by Gasteiger charge is 2.46.